The topological polar surface area (TPSA) is 41.1 Å². The monoisotopic (exact) mass is 366 g/mol. The summed E-state index contributed by atoms with van der Waals surface area (Å²) in [5.74, 6) is -0.0312. The Bertz CT molecular complexity index is 646. The molecule has 0 aromatic heterocycles. The minimum atomic E-state index is -0.0312. The molecule has 2 aromatic carbocycles. The standard InChI is InChI=1S/C16H16BrClN2O/c1-11-10-12(6-7-13(11)17)20-16(21)8-9-19-15-5-3-2-4-14(15)18/h2-7,10,19H,8-9H2,1H3,(H,20,21). The Kier molecular flexibility index (Phi) is 5.65. The first-order valence-electron chi connectivity index (χ1n) is 6.60. The minimum absolute atomic E-state index is 0.0312. The van der Waals surface area contributed by atoms with Crippen LogP contribution in [0.3, 0.4) is 0 Å². The lowest BCUT2D eigenvalue weighted by Crippen LogP contribution is -2.16. The highest BCUT2D eigenvalue weighted by Crippen LogP contribution is 2.21. The molecule has 0 bridgehead atoms. The van der Waals surface area contributed by atoms with Crippen LogP contribution in [0.25, 0.3) is 0 Å². The van der Waals surface area contributed by atoms with Crippen LogP contribution in [-0.2, 0) is 4.79 Å². The largest absolute Gasteiger partial charge is 0.383 e. The van der Waals surface area contributed by atoms with Gasteiger partial charge < -0.3 is 10.6 Å². The van der Waals surface area contributed by atoms with Gasteiger partial charge in [-0.1, -0.05) is 39.7 Å². The van der Waals surface area contributed by atoms with Crippen molar-refractivity contribution in [1.82, 2.24) is 0 Å². The normalized spacial score (nSPS) is 10.2. The second-order valence-corrected chi connectivity index (χ2v) is 5.93. The van der Waals surface area contributed by atoms with E-state index >= 15 is 0 Å². The Morgan fingerprint density at radius 1 is 1.24 bits per heavy atom. The summed E-state index contributed by atoms with van der Waals surface area (Å²) < 4.78 is 1.03. The molecule has 2 aromatic rings. The molecule has 0 radical (unpaired) electrons. The molecule has 0 spiro atoms. The van der Waals surface area contributed by atoms with Gasteiger partial charge in [0.15, 0.2) is 0 Å². The number of rotatable bonds is 5. The molecule has 3 nitrogen and oxygen atoms in total. The maximum absolute atomic E-state index is 11.9. The highest BCUT2D eigenvalue weighted by molar-refractivity contribution is 9.10. The molecule has 110 valence electrons. The number of carbonyl (C=O) groups is 1. The Hall–Kier alpha value is -1.52. The van der Waals surface area contributed by atoms with Crippen molar-refractivity contribution in [2.45, 2.75) is 13.3 Å². The minimum Gasteiger partial charge on any atom is -0.383 e. The second-order valence-electron chi connectivity index (χ2n) is 4.67. The molecular formula is C16H16BrClN2O. The number of amides is 1. The zero-order chi connectivity index (χ0) is 15.2. The summed E-state index contributed by atoms with van der Waals surface area (Å²) in [5, 5.41) is 6.68. The quantitative estimate of drug-likeness (QED) is 0.793. The van der Waals surface area contributed by atoms with Gasteiger partial charge in [-0.25, -0.2) is 0 Å². The highest BCUT2D eigenvalue weighted by Gasteiger charge is 2.04. The fourth-order valence-corrected chi connectivity index (χ4v) is 2.31. The molecule has 0 heterocycles. The van der Waals surface area contributed by atoms with E-state index in [1.165, 1.54) is 0 Å². The molecular weight excluding hydrogens is 352 g/mol. The van der Waals surface area contributed by atoms with Crippen LogP contribution in [0.1, 0.15) is 12.0 Å². The number of hydrogen-bond acceptors (Lipinski definition) is 2. The number of carbonyl (C=O) groups excluding carboxylic acids is 1. The van der Waals surface area contributed by atoms with E-state index in [2.05, 4.69) is 26.6 Å². The number of benzene rings is 2. The van der Waals surface area contributed by atoms with Gasteiger partial charge in [0.2, 0.25) is 5.91 Å². The molecule has 0 atom stereocenters. The zero-order valence-electron chi connectivity index (χ0n) is 11.6. The third kappa shape index (κ3) is 4.76. The van der Waals surface area contributed by atoms with Gasteiger partial charge in [0.1, 0.15) is 0 Å². The van der Waals surface area contributed by atoms with Crippen molar-refractivity contribution < 1.29 is 4.79 Å². The van der Waals surface area contributed by atoms with Crippen molar-refractivity contribution in [1.29, 1.82) is 0 Å². The Labute approximate surface area is 137 Å². The maximum Gasteiger partial charge on any atom is 0.226 e. The number of halogens is 2. The Morgan fingerprint density at radius 3 is 2.71 bits per heavy atom. The van der Waals surface area contributed by atoms with Crippen LogP contribution >= 0.6 is 27.5 Å². The number of aryl methyl sites for hydroxylation is 1. The summed E-state index contributed by atoms with van der Waals surface area (Å²) in [6.45, 7) is 2.52. The van der Waals surface area contributed by atoms with Crippen LogP contribution < -0.4 is 10.6 Å². The van der Waals surface area contributed by atoms with Crippen molar-refractivity contribution in [3.63, 3.8) is 0 Å². The van der Waals surface area contributed by atoms with E-state index in [-0.39, 0.29) is 5.91 Å². The van der Waals surface area contributed by atoms with Gasteiger partial charge in [-0.05, 0) is 42.8 Å². The van der Waals surface area contributed by atoms with Crippen molar-refractivity contribution in [2.75, 3.05) is 17.2 Å². The molecule has 0 saturated heterocycles. The van der Waals surface area contributed by atoms with Gasteiger partial charge in [-0.2, -0.15) is 0 Å². The molecule has 2 rings (SSSR count). The van der Waals surface area contributed by atoms with Crippen LogP contribution in [0.2, 0.25) is 5.02 Å². The summed E-state index contributed by atoms with van der Waals surface area (Å²) >= 11 is 9.47. The van der Waals surface area contributed by atoms with Gasteiger partial charge in [-0.15, -0.1) is 0 Å². The second kappa shape index (κ2) is 7.48. The molecule has 0 aliphatic carbocycles. The van der Waals surface area contributed by atoms with E-state index in [0.29, 0.717) is 18.0 Å². The first-order chi connectivity index (χ1) is 10.1. The van der Waals surface area contributed by atoms with Crippen LogP contribution in [0, 0.1) is 6.92 Å². The van der Waals surface area contributed by atoms with Gasteiger partial charge in [0.25, 0.3) is 0 Å². The van der Waals surface area contributed by atoms with E-state index < -0.39 is 0 Å². The van der Waals surface area contributed by atoms with Crippen LogP contribution in [0.5, 0.6) is 0 Å². The average Bonchev–Trinajstić information content (AvgIpc) is 2.45. The summed E-state index contributed by atoms with van der Waals surface area (Å²) in [4.78, 5) is 11.9. The lowest BCUT2D eigenvalue weighted by molar-refractivity contribution is -0.115. The van der Waals surface area contributed by atoms with Crippen LogP contribution in [0.15, 0.2) is 46.9 Å². The van der Waals surface area contributed by atoms with E-state index in [4.69, 9.17) is 11.6 Å². The van der Waals surface area contributed by atoms with Crippen molar-refractivity contribution >= 4 is 44.8 Å². The molecule has 0 saturated carbocycles. The Morgan fingerprint density at radius 2 is 2.00 bits per heavy atom. The zero-order valence-corrected chi connectivity index (χ0v) is 14.0. The van der Waals surface area contributed by atoms with Gasteiger partial charge >= 0.3 is 0 Å². The summed E-state index contributed by atoms with van der Waals surface area (Å²) in [7, 11) is 0. The van der Waals surface area contributed by atoms with Crippen molar-refractivity contribution in [3.05, 3.63) is 57.5 Å². The van der Waals surface area contributed by atoms with Crippen LogP contribution in [0.4, 0.5) is 11.4 Å². The summed E-state index contributed by atoms with van der Waals surface area (Å²) in [6, 6.07) is 13.2. The summed E-state index contributed by atoms with van der Waals surface area (Å²) in [5.41, 5.74) is 2.73. The lowest BCUT2D eigenvalue weighted by atomic mass is 10.2. The number of hydrogen-bond donors (Lipinski definition) is 2. The number of para-hydroxylation sites is 1. The molecule has 5 heteroatoms. The maximum atomic E-state index is 11.9. The third-order valence-electron chi connectivity index (χ3n) is 2.98. The molecule has 0 unspecified atom stereocenters. The van der Waals surface area contributed by atoms with Gasteiger partial charge in [0.05, 0.1) is 10.7 Å². The van der Waals surface area contributed by atoms with Gasteiger partial charge in [0, 0.05) is 23.1 Å². The Balaban J connectivity index is 1.82. The smallest absolute Gasteiger partial charge is 0.226 e. The SMILES string of the molecule is Cc1cc(NC(=O)CCNc2ccccc2Cl)ccc1Br. The van der Waals surface area contributed by atoms with Crippen molar-refractivity contribution in [3.8, 4) is 0 Å². The fourth-order valence-electron chi connectivity index (χ4n) is 1.86. The van der Waals surface area contributed by atoms with Gasteiger partial charge in [-0.3, -0.25) is 4.79 Å². The van der Waals surface area contributed by atoms with E-state index in [1.807, 2.05) is 49.4 Å². The summed E-state index contributed by atoms with van der Waals surface area (Å²) in [6.07, 6.45) is 0.375. The van der Waals surface area contributed by atoms with Crippen molar-refractivity contribution in [2.24, 2.45) is 0 Å². The fraction of sp³-hybridized carbons (Fsp3) is 0.188. The predicted molar refractivity (Wildman–Crippen MR) is 92.1 cm³/mol. The van der Waals surface area contributed by atoms with E-state index in [1.54, 1.807) is 0 Å². The third-order valence-corrected chi connectivity index (χ3v) is 4.20. The highest BCUT2D eigenvalue weighted by atomic mass is 79.9. The van der Waals surface area contributed by atoms with E-state index in [9.17, 15) is 4.79 Å². The average molecular weight is 368 g/mol. The molecule has 2 N–H and O–H groups in total. The molecule has 0 aliphatic heterocycles. The first-order valence-corrected chi connectivity index (χ1v) is 7.78. The number of anilines is 2. The molecule has 0 aliphatic rings. The van der Waals surface area contributed by atoms with E-state index in [0.717, 1.165) is 21.4 Å². The molecule has 1 amide bonds. The molecule has 0 fully saturated rings. The first kappa shape index (κ1) is 15.9. The predicted octanol–water partition coefficient (Wildman–Crippen LogP) is 4.85. The lowest BCUT2D eigenvalue weighted by Gasteiger charge is -2.09. The molecule has 21 heavy (non-hydrogen) atoms. The van der Waals surface area contributed by atoms with Crippen LogP contribution in [-0.4, -0.2) is 12.5 Å². The number of nitrogens with one attached hydrogen (secondary N) is 2.